The second kappa shape index (κ2) is 8.57. The van der Waals surface area contributed by atoms with Crippen molar-refractivity contribution in [3.63, 3.8) is 0 Å². The molecule has 1 amide bonds. The van der Waals surface area contributed by atoms with Gasteiger partial charge in [-0.05, 0) is 38.1 Å². The van der Waals surface area contributed by atoms with E-state index < -0.39 is 10.0 Å². The van der Waals surface area contributed by atoms with Crippen LogP contribution in [-0.4, -0.2) is 64.7 Å². The number of carbonyl (C=O) groups excluding carboxylic acids is 1. The zero-order valence-corrected chi connectivity index (χ0v) is 14.9. The lowest BCUT2D eigenvalue weighted by atomic mass is 10.2. The van der Waals surface area contributed by atoms with Crippen LogP contribution in [0.5, 0.6) is 0 Å². The lowest BCUT2D eigenvalue weighted by Crippen LogP contribution is -2.41. The van der Waals surface area contributed by atoms with E-state index in [1.807, 2.05) is 0 Å². The molecule has 1 aliphatic heterocycles. The first-order valence-corrected chi connectivity index (χ1v) is 9.57. The number of nitrogens with zero attached hydrogens (tertiary/aromatic N) is 1. The van der Waals surface area contributed by atoms with Crippen LogP contribution in [-0.2, 0) is 14.8 Å². The van der Waals surface area contributed by atoms with Crippen molar-refractivity contribution in [3.05, 3.63) is 29.8 Å². The van der Waals surface area contributed by atoms with Crippen molar-refractivity contribution in [1.82, 2.24) is 14.9 Å². The van der Waals surface area contributed by atoms with Crippen LogP contribution in [0.2, 0.25) is 0 Å². The third-order valence-electron chi connectivity index (χ3n) is 3.63. The highest BCUT2D eigenvalue weighted by Gasteiger charge is 2.16. The molecule has 8 heteroatoms. The van der Waals surface area contributed by atoms with E-state index in [0.29, 0.717) is 12.1 Å². The van der Waals surface area contributed by atoms with Crippen LogP contribution in [0.3, 0.4) is 0 Å². The molecule has 0 bridgehead atoms. The Labute approximate surface area is 143 Å². The molecule has 24 heavy (non-hydrogen) atoms. The highest BCUT2D eigenvalue weighted by molar-refractivity contribution is 7.89. The molecule has 0 unspecified atom stereocenters. The zero-order chi connectivity index (χ0) is 17.6. The number of rotatable bonds is 7. The van der Waals surface area contributed by atoms with Gasteiger partial charge >= 0.3 is 0 Å². The number of morpholine rings is 1. The Balaban J connectivity index is 1.86. The van der Waals surface area contributed by atoms with Crippen molar-refractivity contribution >= 4 is 15.9 Å². The van der Waals surface area contributed by atoms with Gasteiger partial charge in [0.25, 0.3) is 5.91 Å². The summed E-state index contributed by atoms with van der Waals surface area (Å²) >= 11 is 0. The summed E-state index contributed by atoms with van der Waals surface area (Å²) in [4.78, 5) is 14.5. The molecule has 1 saturated heterocycles. The van der Waals surface area contributed by atoms with Crippen molar-refractivity contribution in [3.8, 4) is 0 Å². The first-order chi connectivity index (χ1) is 11.4. The lowest BCUT2D eigenvalue weighted by Gasteiger charge is -2.26. The smallest absolute Gasteiger partial charge is 0.251 e. The molecule has 134 valence electrons. The number of hydrogen-bond acceptors (Lipinski definition) is 5. The van der Waals surface area contributed by atoms with Gasteiger partial charge in [0.1, 0.15) is 0 Å². The Morgan fingerprint density at radius 2 is 1.83 bits per heavy atom. The quantitative estimate of drug-likeness (QED) is 0.741. The molecule has 1 heterocycles. The van der Waals surface area contributed by atoms with Crippen LogP contribution in [0.15, 0.2) is 29.2 Å². The molecule has 0 aromatic heterocycles. The highest BCUT2D eigenvalue weighted by atomic mass is 32.2. The fourth-order valence-electron chi connectivity index (χ4n) is 2.42. The fraction of sp³-hybridized carbons (Fsp3) is 0.562. The monoisotopic (exact) mass is 355 g/mol. The number of carbonyl (C=O) groups is 1. The van der Waals surface area contributed by atoms with E-state index in [4.69, 9.17) is 4.74 Å². The van der Waals surface area contributed by atoms with E-state index in [0.717, 1.165) is 32.8 Å². The summed E-state index contributed by atoms with van der Waals surface area (Å²) in [7, 11) is -3.53. The molecular formula is C16H25N3O4S. The minimum Gasteiger partial charge on any atom is -0.379 e. The molecule has 0 radical (unpaired) electrons. The molecule has 7 nitrogen and oxygen atoms in total. The van der Waals surface area contributed by atoms with Crippen molar-refractivity contribution in [2.75, 3.05) is 39.4 Å². The second-order valence-electron chi connectivity index (χ2n) is 6.01. The summed E-state index contributed by atoms with van der Waals surface area (Å²) in [5, 5.41) is 2.85. The molecule has 1 aliphatic rings. The summed E-state index contributed by atoms with van der Waals surface area (Å²) in [6, 6.07) is 5.76. The first-order valence-electron chi connectivity index (χ1n) is 8.09. The van der Waals surface area contributed by atoms with E-state index in [-0.39, 0.29) is 16.8 Å². The third kappa shape index (κ3) is 5.55. The number of nitrogens with one attached hydrogen (secondary N) is 2. The van der Waals surface area contributed by atoms with E-state index in [1.54, 1.807) is 13.8 Å². The number of amides is 1. The van der Waals surface area contributed by atoms with Gasteiger partial charge in [0.05, 0.1) is 18.1 Å². The first kappa shape index (κ1) is 18.9. The standard InChI is InChI=1S/C16H25N3O4S/c1-13(2)18-24(21,22)15-5-3-14(4-6-15)16(20)17-7-8-19-9-11-23-12-10-19/h3-6,13,18H,7-12H2,1-2H3,(H,17,20). The van der Waals surface area contributed by atoms with Crippen LogP contribution >= 0.6 is 0 Å². The second-order valence-corrected chi connectivity index (χ2v) is 7.72. The van der Waals surface area contributed by atoms with Gasteiger partial charge in [0, 0.05) is 37.8 Å². The highest BCUT2D eigenvalue weighted by Crippen LogP contribution is 2.11. The molecule has 0 spiro atoms. The van der Waals surface area contributed by atoms with Crippen molar-refractivity contribution in [2.24, 2.45) is 0 Å². The number of sulfonamides is 1. The predicted octanol–water partition coefficient (Wildman–Crippen LogP) is 0.435. The third-order valence-corrected chi connectivity index (χ3v) is 5.31. The topological polar surface area (TPSA) is 87.7 Å². The van der Waals surface area contributed by atoms with Crippen LogP contribution < -0.4 is 10.0 Å². The number of hydrogen-bond donors (Lipinski definition) is 2. The minimum atomic E-state index is -3.53. The lowest BCUT2D eigenvalue weighted by molar-refractivity contribution is 0.0383. The van der Waals surface area contributed by atoms with Crippen LogP contribution in [0.1, 0.15) is 24.2 Å². The molecule has 1 aromatic rings. The van der Waals surface area contributed by atoms with Crippen LogP contribution in [0, 0.1) is 0 Å². The van der Waals surface area contributed by atoms with E-state index in [2.05, 4.69) is 14.9 Å². The van der Waals surface area contributed by atoms with Crippen molar-refractivity contribution in [2.45, 2.75) is 24.8 Å². The minimum absolute atomic E-state index is 0.154. The molecule has 0 saturated carbocycles. The average Bonchev–Trinajstić information content (AvgIpc) is 2.55. The largest absolute Gasteiger partial charge is 0.379 e. The Hall–Kier alpha value is -1.48. The van der Waals surface area contributed by atoms with Gasteiger partial charge in [0.15, 0.2) is 0 Å². The Bertz CT molecular complexity index is 638. The zero-order valence-electron chi connectivity index (χ0n) is 14.1. The van der Waals surface area contributed by atoms with Crippen LogP contribution in [0.4, 0.5) is 0 Å². The normalized spacial score (nSPS) is 16.3. The van der Waals surface area contributed by atoms with Gasteiger partial charge < -0.3 is 10.1 Å². The summed E-state index contributed by atoms with van der Waals surface area (Å²) in [5.74, 6) is -0.205. The van der Waals surface area contributed by atoms with Gasteiger partial charge in [-0.15, -0.1) is 0 Å². The SMILES string of the molecule is CC(C)NS(=O)(=O)c1ccc(C(=O)NCCN2CCOCC2)cc1. The summed E-state index contributed by atoms with van der Waals surface area (Å²) < 4.78 is 31.9. The average molecular weight is 355 g/mol. The number of benzene rings is 1. The molecule has 1 fully saturated rings. The maximum atomic E-state index is 12.1. The summed E-state index contributed by atoms with van der Waals surface area (Å²) in [5.41, 5.74) is 0.445. The van der Waals surface area contributed by atoms with Crippen LogP contribution in [0.25, 0.3) is 0 Å². The van der Waals surface area contributed by atoms with Gasteiger partial charge in [-0.2, -0.15) is 0 Å². The molecule has 2 N–H and O–H groups in total. The Kier molecular flexibility index (Phi) is 6.73. The van der Waals surface area contributed by atoms with Gasteiger partial charge in [0.2, 0.25) is 10.0 Å². The fourth-order valence-corrected chi connectivity index (χ4v) is 3.67. The van der Waals surface area contributed by atoms with E-state index >= 15 is 0 Å². The summed E-state index contributed by atoms with van der Waals surface area (Å²) in [6.07, 6.45) is 0. The molecule has 2 rings (SSSR count). The molecule has 0 aliphatic carbocycles. The maximum Gasteiger partial charge on any atom is 0.251 e. The molecule has 1 aromatic carbocycles. The Morgan fingerprint density at radius 3 is 2.42 bits per heavy atom. The van der Waals surface area contributed by atoms with Gasteiger partial charge in [-0.1, -0.05) is 0 Å². The van der Waals surface area contributed by atoms with E-state index in [9.17, 15) is 13.2 Å². The van der Waals surface area contributed by atoms with E-state index in [1.165, 1.54) is 24.3 Å². The molecular weight excluding hydrogens is 330 g/mol. The Morgan fingerprint density at radius 1 is 1.21 bits per heavy atom. The van der Waals surface area contributed by atoms with Gasteiger partial charge in [-0.3, -0.25) is 9.69 Å². The van der Waals surface area contributed by atoms with Crippen molar-refractivity contribution in [1.29, 1.82) is 0 Å². The maximum absolute atomic E-state index is 12.1. The molecule has 0 atom stereocenters. The van der Waals surface area contributed by atoms with Gasteiger partial charge in [-0.25, -0.2) is 13.1 Å². The number of ether oxygens (including phenoxy) is 1. The van der Waals surface area contributed by atoms with Crippen molar-refractivity contribution < 1.29 is 17.9 Å². The predicted molar refractivity (Wildman–Crippen MR) is 91.5 cm³/mol. The summed E-state index contributed by atoms with van der Waals surface area (Å²) in [6.45, 7) is 8.06.